The fraction of sp³-hybridized carbons (Fsp3) is 0.143. The van der Waals surface area contributed by atoms with Crippen molar-refractivity contribution in [3.63, 3.8) is 0 Å². The van der Waals surface area contributed by atoms with Crippen molar-refractivity contribution in [2.45, 2.75) is 16.0 Å². The standard InChI is InChI=1S/C7H5N5O4S2/c13-4(14)2-12-6(9-10-11-12)18-7-8-1-3(17-7)5(15)16/h1H,2H2,(H,13,14)(H,15,16). The molecule has 0 bridgehead atoms. The molecule has 0 aromatic carbocycles. The summed E-state index contributed by atoms with van der Waals surface area (Å²) in [5, 5.41) is 28.1. The van der Waals surface area contributed by atoms with E-state index in [1.165, 1.54) is 6.20 Å². The van der Waals surface area contributed by atoms with E-state index in [1.54, 1.807) is 0 Å². The van der Waals surface area contributed by atoms with Gasteiger partial charge in [0.15, 0.2) is 4.34 Å². The van der Waals surface area contributed by atoms with E-state index in [0.717, 1.165) is 27.8 Å². The van der Waals surface area contributed by atoms with E-state index < -0.39 is 11.9 Å². The summed E-state index contributed by atoms with van der Waals surface area (Å²) in [5.41, 5.74) is 0. The first-order valence-electron chi connectivity index (χ1n) is 4.41. The van der Waals surface area contributed by atoms with E-state index in [0.29, 0.717) is 4.34 Å². The average molecular weight is 287 g/mol. The van der Waals surface area contributed by atoms with Crippen LogP contribution in [0.4, 0.5) is 0 Å². The lowest BCUT2D eigenvalue weighted by atomic mass is 10.6. The zero-order valence-corrected chi connectivity index (χ0v) is 10.2. The van der Waals surface area contributed by atoms with Crippen LogP contribution in [-0.4, -0.2) is 47.3 Å². The number of aliphatic carboxylic acids is 1. The van der Waals surface area contributed by atoms with Crippen LogP contribution in [0.25, 0.3) is 0 Å². The Morgan fingerprint density at radius 1 is 1.44 bits per heavy atom. The van der Waals surface area contributed by atoms with Crippen molar-refractivity contribution in [2.75, 3.05) is 0 Å². The minimum absolute atomic E-state index is 0.0924. The lowest BCUT2D eigenvalue weighted by Gasteiger charge is -1.97. The highest BCUT2D eigenvalue weighted by Crippen LogP contribution is 2.29. The van der Waals surface area contributed by atoms with E-state index in [-0.39, 0.29) is 16.6 Å². The van der Waals surface area contributed by atoms with Crippen molar-refractivity contribution < 1.29 is 19.8 Å². The van der Waals surface area contributed by atoms with Gasteiger partial charge >= 0.3 is 11.9 Å². The highest BCUT2D eigenvalue weighted by atomic mass is 32.2. The molecule has 94 valence electrons. The van der Waals surface area contributed by atoms with Gasteiger partial charge in [-0.2, -0.15) is 0 Å². The molecule has 0 saturated heterocycles. The van der Waals surface area contributed by atoms with Gasteiger partial charge in [0, 0.05) is 0 Å². The average Bonchev–Trinajstić information content (AvgIpc) is 2.89. The summed E-state index contributed by atoms with van der Waals surface area (Å²) in [6, 6.07) is 0. The smallest absolute Gasteiger partial charge is 0.347 e. The van der Waals surface area contributed by atoms with Gasteiger partial charge in [-0.1, -0.05) is 0 Å². The Labute approximate surface area is 107 Å². The Bertz CT molecular complexity index is 594. The van der Waals surface area contributed by atoms with Crippen LogP contribution in [0.1, 0.15) is 9.67 Å². The third kappa shape index (κ3) is 2.81. The van der Waals surface area contributed by atoms with Crippen molar-refractivity contribution in [2.24, 2.45) is 0 Å². The Morgan fingerprint density at radius 2 is 2.22 bits per heavy atom. The molecule has 0 aliphatic heterocycles. The molecule has 11 heteroatoms. The number of rotatable bonds is 5. The van der Waals surface area contributed by atoms with E-state index in [4.69, 9.17) is 10.2 Å². The third-order valence-corrected chi connectivity index (χ3v) is 3.69. The molecular formula is C7H5N5O4S2. The predicted octanol–water partition coefficient (Wildman–Crippen LogP) is 0.0636. The van der Waals surface area contributed by atoms with Crippen LogP contribution in [-0.2, 0) is 11.3 Å². The molecule has 0 aliphatic rings. The Balaban J connectivity index is 2.15. The van der Waals surface area contributed by atoms with Gasteiger partial charge in [0.25, 0.3) is 0 Å². The number of nitrogens with zero attached hydrogens (tertiary/aromatic N) is 5. The molecule has 2 aromatic rings. The quantitative estimate of drug-likeness (QED) is 0.783. The molecule has 0 spiro atoms. The normalized spacial score (nSPS) is 10.4. The molecule has 2 N–H and O–H groups in total. The Morgan fingerprint density at radius 3 is 2.83 bits per heavy atom. The zero-order valence-electron chi connectivity index (χ0n) is 8.55. The highest BCUT2D eigenvalue weighted by Gasteiger charge is 2.15. The number of hydrogen-bond donors (Lipinski definition) is 2. The maximum Gasteiger partial charge on any atom is 0.347 e. The summed E-state index contributed by atoms with van der Waals surface area (Å²) >= 11 is 1.97. The fourth-order valence-electron chi connectivity index (χ4n) is 0.979. The van der Waals surface area contributed by atoms with Gasteiger partial charge in [0.05, 0.1) is 6.20 Å². The van der Waals surface area contributed by atoms with Crippen LogP contribution < -0.4 is 0 Å². The Kier molecular flexibility index (Phi) is 3.53. The van der Waals surface area contributed by atoms with Crippen LogP contribution in [0.2, 0.25) is 0 Å². The first-order chi connectivity index (χ1) is 8.56. The van der Waals surface area contributed by atoms with E-state index in [9.17, 15) is 9.59 Å². The van der Waals surface area contributed by atoms with Gasteiger partial charge in [0.1, 0.15) is 11.4 Å². The van der Waals surface area contributed by atoms with E-state index in [1.807, 2.05) is 0 Å². The van der Waals surface area contributed by atoms with E-state index in [2.05, 4.69) is 20.5 Å². The summed E-state index contributed by atoms with van der Waals surface area (Å²) in [4.78, 5) is 25.2. The molecule has 0 unspecified atom stereocenters. The minimum Gasteiger partial charge on any atom is -0.480 e. The lowest BCUT2D eigenvalue weighted by Crippen LogP contribution is -2.11. The summed E-state index contributed by atoms with van der Waals surface area (Å²) in [7, 11) is 0. The number of carbonyl (C=O) groups is 2. The number of aromatic carboxylic acids is 1. The lowest BCUT2D eigenvalue weighted by molar-refractivity contribution is -0.138. The first-order valence-corrected chi connectivity index (χ1v) is 6.04. The molecule has 0 saturated carbocycles. The number of tetrazole rings is 1. The number of carboxylic acids is 2. The van der Waals surface area contributed by atoms with Crippen LogP contribution in [0.3, 0.4) is 0 Å². The van der Waals surface area contributed by atoms with Crippen molar-refractivity contribution in [3.8, 4) is 0 Å². The summed E-state index contributed by atoms with van der Waals surface area (Å²) in [5.74, 6) is -2.14. The fourth-order valence-corrected chi connectivity index (χ4v) is 2.67. The molecule has 0 aliphatic carbocycles. The zero-order chi connectivity index (χ0) is 13.1. The molecule has 0 fully saturated rings. The van der Waals surface area contributed by atoms with Crippen molar-refractivity contribution >= 4 is 35.0 Å². The van der Waals surface area contributed by atoms with Crippen LogP contribution in [0, 0.1) is 0 Å². The summed E-state index contributed by atoms with van der Waals surface area (Å²) in [6.07, 6.45) is 1.22. The van der Waals surface area contributed by atoms with Crippen molar-refractivity contribution in [3.05, 3.63) is 11.1 Å². The first kappa shape index (κ1) is 12.4. The summed E-state index contributed by atoms with van der Waals surface area (Å²) in [6.45, 7) is -0.369. The molecule has 0 atom stereocenters. The van der Waals surface area contributed by atoms with Gasteiger partial charge in [0.2, 0.25) is 5.16 Å². The molecule has 0 amide bonds. The van der Waals surface area contributed by atoms with Gasteiger partial charge < -0.3 is 10.2 Å². The molecule has 0 radical (unpaired) electrons. The second-order valence-corrected chi connectivity index (χ2v) is 5.16. The minimum atomic E-state index is -1.07. The summed E-state index contributed by atoms with van der Waals surface area (Å²) < 4.78 is 1.52. The van der Waals surface area contributed by atoms with Gasteiger partial charge in [-0.05, 0) is 22.2 Å². The Hall–Kier alpha value is -2.01. The van der Waals surface area contributed by atoms with Gasteiger partial charge in [-0.3, -0.25) is 4.79 Å². The van der Waals surface area contributed by atoms with Crippen LogP contribution in [0.15, 0.2) is 15.7 Å². The van der Waals surface area contributed by atoms with Crippen LogP contribution in [0.5, 0.6) is 0 Å². The topological polar surface area (TPSA) is 131 Å². The van der Waals surface area contributed by atoms with Crippen molar-refractivity contribution in [1.82, 2.24) is 25.2 Å². The number of carboxylic acid groups (broad SMARTS) is 2. The van der Waals surface area contributed by atoms with Crippen LogP contribution >= 0.6 is 23.1 Å². The molecule has 2 heterocycles. The second-order valence-electron chi connectivity index (χ2n) is 2.91. The third-order valence-electron chi connectivity index (χ3n) is 1.66. The second kappa shape index (κ2) is 5.10. The number of thiazole rings is 1. The molecule has 9 nitrogen and oxygen atoms in total. The monoisotopic (exact) mass is 287 g/mol. The molecular weight excluding hydrogens is 282 g/mol. The maximum absolute atomic E-state index is 10.7. The van der Waals surface area contributed by atoms with Gasteiger partial charge in [-0.25, -0.2) is 14.5 Å². The number of hydrogen-bond acceptors (Lipinski definition) is 8. The largest absolute Gasteiger partial charge is 0.480 e. The molecule has 2 aromatic heterocycles. The van der Waals surface area contributed by atoms with E-state index >= 15 is 0 Å². The van der Waals surface area contributed by atoms with Gasteiger partial charge in [-0.15, -0.1) is 16.4 Å². The number of aromatic nitrogens is 5. The molecule has 2 rings (SSSR count). The maximum atomic E-state index is 10.7. The SMILES string of the molecule is O=C(O)Cn1nnnc1Sc1ncc(C(=O)O)s1. The molecule has 18 heavy (non-hydrogen) atoms. The highest BCUT2D eigenvalue weighted by molar-refractivity contribution is 8.00. The van der Waals surface area contributed by atoms with Crippen molar-refractivity contribution in [1.29, 1.82) is 0 Å². The predicted molar refractivity (Wildman–Crippen MR) is 58.6 cm³/mol.